The first-order chi connectivity index (χ1) is 4.83. The van der Waals surface area contributed by atoms with Crippen LogP contribution in [-0.4, -0.2) is 24.5 Å². The minimum atomic E-state index is 0.863. The highest BCUT2D eigenvalue weighted by Crippen LogP contribution is 2.13. The van der Waals surface area contributed by atoms with E-state index in [4.69, 9.17) is 0 Å². The molecule has 0 saturated carbocycles. The van der Waals surface area contributed by atoms with Crippen molar-refractivity contribution in [3.8, 4) is 11.2 Å². The molecule has 0 spiro atoms. The standard InChI is InChI=1S/C8H13NS/c1-8-3-5-9(7-8)4-2-6-10/h8,10H,3-5,7H2,1H3. The predicted octanol–water partition coefficient (Wildman–Crippen LogP) is 1.22. The average molecular weight is 155 g/mol. The lowest BCUT2D eigenvalue weighted by Gasteiger charge is -2.09. The molecule has 1 aliphatic heterocycles. The maximum Gasteiger partial charge on any atom is 0.0610 e. The summed E-state index contributed by atoms with van der Waals surface area (Å²) in [6.07, 6.45) is 1.33. The monoisotopic (exact) mass is 155 g/mol. The number of nitrogens with zero attached hydrogens (tertiary/aromatic N) is 1. The van der Waals surface area contributed by atoms with Crippen LogP contribution in [0.3, 0.4) is 0 Å². The summed E-state index contributed by atoms with van der Waals surface area (Å²) in [4.78, 5) is 2.37. The van der Waals surface area contributed by atoms with Crippen molar-refractivity contribution in [3.05, 3.63) is 0 Å². The van der Waals surface area contributed by atoms with E-state index in [9.17, 15) is 0 Å². The molecule has 1 aliphatic rings. The van der Waals surface area contributed by atoms with Crippen LogP contribution in [0.15, 0.2) is 0 Å². The maximum absolute atomic E-state index is 3.83. The summed E-state index contributed by atoms with van der Waals surface area (Å²) >= 11 is 3.83. The van der Waals surface area contributed by atoms with E-state index in [1.807, 2.05) is 0 Å². The first-order valence-electron chi connectivity index (χ1n) is 3.67. The second-order valence-electron chi connectivity index (χ2n) is 2.92. The lowest BCUT2D eigenvalue weighted by Crippen LogP contribution is -2.20. The van der Waals surface area contributed by atoms with Crippen LogP contribution in [0.1, 0.15) is 13.3 Å². The zero-order chi connectivity index (χ0) is 7.40. The largest absolute Gasteiger partial charge is 0.292 e. The Morgan fingerprint density at radius 1 is 1.70 bits per heavy atom. The lowest BCUT2D eigenvalue weighted by molar-refractivity contribution is 0.369. The summed E-state index contributed by atoms with van der Waals surface area (Å²) in [5, 5.41) is 2.61. The van der Waals surface area contributed by atoms with Crippen LogP contribution in [0.25, 0.3) is 0 Å². The van der Waals surface area contributed by atoms with Crippen molar-refractivity contribution in [2.24, 2.45) is 5.92 Å². The van der Waals surface area contributed by atoms with E-state index >= 15 is 0 Å². The van der Waals surface area contributed by atoms with Gasteiger partial charge in [-0.15, -0.1) is 0 Å². The third-order valence-corrected chi connectivity index (χ3v) is 2.05. The molecule has 1 atom stereocenters. The van der Waals surface area contributed by atoms with E-state index < -0.39 is 0 Å². The Morgan fingerprint density at radius 3 is 3.00 bits per heavy atom. The molecule has 1 fully saturated rings. The topological polar surface area (TPSA) is 3.24 Å². The van der Waals surface area contributed by atoms with Gasteiger partial charge >= 0.3 is 0 Å². The van der Waals surface area contributed by atoms with Gasteiger partial charge in [-0.25, -0.2) is 0 Å². The van der Waals surface area contributed by atoms with E-state index in [0.717, 1.165) is 12.5 Å². The van der Waals surface area contributed by atoms with Gasteiger partial charge in [0.15, 0.2) is 0 Å². The molecule has 56 valence electrons. The molecule has 0 aliphatic carbocycles. The molecular formula is C8H13NS. The predicted molar refractivity (Wildman–Crippen MR) is 47.0 cm³/mol. The fourth-order valence-electron chi connectivity index (χ4n) is 1.32. The van der Waals surface area contributed by atoms with Gasteiger partial charge in [-0.2, -0.15) is 0 Å². The Labute approximate surface area is 68.2 Å². The van der Waals surface area contributed by atoms with Crippen molar-refractivity contribution in [2.45, 2.75) is 13.3 Å². The fourth-order valence-corrected chi connectivity index (χ4v) is 1.39. The first kappa shape index (κ1) is 7.97. The van der Waals surface area contributed by atoms with Gasteiger partial charge in [0.05, 0.1) is 6.54 Å². The summed E-state index contributed by atoms with van der Waals surface area (Å²) in [6, 6.07) is 0. The molecule has 0 aromatic heterocycles. The summed E-state index contributed by atoms with van der Waals surface area (Å²) in [5.74, 6) is 3.81. The number of hydrogen-bond donors (Lipinski definition) is 1. The van der Waals surface area contributed by atoms with Gasteiger partial charge in [-0.3, -0.25) is 4.90 Å². The van der Waals surface area contributed by atoms with E-state index in [1.54, 1.807) is 0 Å². The Morgan fingerprint density at radius 2 is 2.50 bits per heavy atom. The quantitative estimate of drug-likeness (QED) is 0.440. The van der Waals surface area contributed by atoms with Crippen LogP contribution in [0.4, 0.5) is 0 Å². The molecule has 0 aromatic rings. The van der Waals surface area contributed by atoms with Gasteiger partial charge in [-0.05, 0) is 24.1 Å². The second kappa shape index (κ2) is 3.90. The van der Waals surface area contributed by atoms with Crippen molar-refractivity contribution in [2.75, 3.05) is 19.6 Å². The molecule has 10 heavy (non-hydrogen) atoms. The Balaban J connectivity index is 2.22. The van der Waals surface area contributed by atoms with Crippen LogP contribution < -0.4 is 0 Å². The van der Waals surface area contributed by atoms with Crippen LogP contribution in [0.5, 0.6) is 0 Å². The Kier molecular flexibility index (Phi) is 3.11. The van der Waals surface area contributed by atoms with Crippen molar-refractivity contribution in [1.82, 2.24) is 4.90 Å². The second-order valence-corrected chi connectivity index (χ2v) is 3.14. The van der Waals surface area contributed by atoms with E-state index in [1.165, 1.54) is 19.5 Å². The summed E-state index contributed by atoms with van der Waals surface area (Å²) < 4.78 is 0. The summed E-state index contributed by atoms with van der Waals surface area (Å²) in [6.45, 7) is 5.61. The fraction of sp³-hybridized carbons (Fsp3) is 0.750. The lowest BCUT2D eigenvalue weighted by atomic mass is 10.2. The van der Waals surface area contributed by atoms with Crippen molar-refractivity contribution >= 4 is 12.6 Å². The smallest absolute Gasteiger partial charge is 0.0610 e. The molecule has 0 radical (unpaired) electrons. The molecule has 2 heteroatoms. The molecule has 0 amide bonds. The SMILES string of the molecule is CC1CCN(CC#CS)C1. The highest BCUT2D eigenvalue weighted by Gasteiger charge is 2.16. The highest BCUT2D eigenvalue weighted by atomic mass is 32.1. The normalized spacial score (nSPS) is 26.0. The molecule has 1 rings (SSSR count). The molecule has 1 saturated heterocycles. The third kappa shape index (κ3) is 2.24. The maximum atomic E-state index is 3.83. The average Bonchev–Trinajstić information content (AvgIpc) is 2.31. The number of hydrogen-bond acceptors (Lipinski definition) is 2. The van der Waals surface area contributed by atoms with Gasteiger partial charge < -0.3 is 0 Å². The zero-order valence-corrected chi connectivity index (χ0v) is 7.19. The van der Waals surface area contributed by atoms with E-state index in [0.29, 0.717) is 0 Å². The summed E-state index contributed by atoms with van der Waals surface area (Å²) in [5.41, 5.74) is 0. The minimum Gasteiger partial charge on any atom is -0.292 e. The molecule has 1 unspecified atom stereocenters. The zero-order valence-electron chi connectivity index (χ0n) is 6.30. The van der Waals surface area contributed by atoms with Gasteiger partial charge in [0.25, 0.3) is 0 Å². The van der Waals surface area contributed by atoms with Crippen molar-refractivity contribution < 1.29 is 0 Å². The molecule has 0 aromatic carbocycles. The highest BCUT2D eigenvalue weighted by molar-refractivity contribution is 7.85. The first-order valence-corrected chi connectivity index (χ1v) is 4.12. The molecular weight excluding hydrogens is 142 g/mol. The third-order valence-electron chi connectivity index (χ3n) is 1.89. The molecule has 1 heterocycles. The number of likely N-dealkylation sites (tertiary alicyclic amines) is 1. The Hall–Kier alpha value is -0.130. The molecule has 1 nitrogen and oxygen atoms in total. The van der Waals surface area contributed by atoms with Crippen molar-refractivity contribution in [1.29, 1.82) is 0 Å². The van der Waals surface area contributed by atoms with E-state index in [-0.39, 0.29) is 0 Å². The summed E-state index contributed by atoms with van der Waals surface area (Å²) in [7, 11) is 0. The van der Waals surface area contributed by atoms with Crippen LogP contribution in [0.2, 0.25) is 0 Å². The van der Waals surface area contributed by atoms with Gasteiger partial charge in [0.2, 0.25) is 0 Å². The minimum absolute atomic E-state index is 0.863. The van der Waals surface area contributed by atoms with Gasteiger partial charge in [0, 0.05) is 6.54 Å². The molecule has 0 bridgehead atoms. The number of rotatable bonds is 1. The van der Waals surface area contributed by atoms with Crippen LogP contribution in [0, 0.1) is 17.1 Å². The van der Waals surface area contributed by atoms with Gasteiger partial charge in [-0.1, -0.05) is 25.5 Å². The van der Waals surface area contributed by atoms with Crippen LogP contribution >= 0.6 is 12.6 Å². The number of thiol groups is 1. The van der Waals surface area contributed by atoms with Crippen molar-refractivity contribution in [3.63, 3.8) is 0 Å². The Bertz CT molecular complexity index is 156. The molecule has 0 N–H and O–H groups in total. The van der Waals surface area contributed by atoms with Gasteiger partial charge in [0.1, 0.15) is 0 Å². The van der Waals surface area contributed by atoms with Crippen LogP contribution in [-0.2, 0) is 0 Å². The van der Waals surface area contributed by atoms with E-state index in [2.05, 4.69) is 35.6 Å².